The predicted molar refractivity (Wildman–Crippen MR) is 134 cm³/mol. The van der Waals surface area contributed by atoms with E-state index in [2.05, 4.69) is 5.16 Å². The molecule has 0 bridgehead atoms. The lowest BCUT2D eigenvalue weighted by molar-refractivity contribution is -0.137. The first-order valence-electron chi connectivity index (χ1n) is 11.8. The topological polar surface area (TPSA) is 93.8 Å². The summed E-state index contributed by atoms with van der Waals surface area (Å²) in [4.78, 5) is 34.9. The molecule has 8 heteroatoms. The molecule has 0 aliphatic carbocycles. The Hall–Kier alpha value is -4.33. The molecule has 1 atom stereocenters. The second-order valence-electron chi connectivity index (χ2n) is 8.72. The lowest BCUT2D eigenvalue weighted by atomic mass is 9.99. The molecule has 1 N–H and O–H groups in total. The fourth-order valence-electron chi connectivity index (χ4n) is 4.39. The fourth-order valence-corrected chi connectivity index (χ4v) is 4.39. The maximum atomic E-state index is 13.5. The van der Waals surface area contributed by atoms with Crippen molar-refractivity contribution in [2.24, 2.45) is 5.16 Å². The number of hydrogen-bond donors (Lipinski definition) is 1. The van der Waals surface area contributed by atoms with Crippen LogP contribution in [0.15, 0.2) is 82.7 Å². The Kier molecular flexibility index (Phi) is 6.58. The van der Waals surface area contributed by atoms with E-state index in [4.69, 9.17) is 14.9 Å². The van der Waals surface area contributed by atoms with Crippen molar-refractivity contribution in [3.05, 3.63) is 106 Å². The van der Waals surface area contributed by atoms with Gasteiger partial charge in [-0.05, 0) is 60.4 Å². The fraction of sp³-hybridized carbons (Fsp3) is 0.214. The molecular weight excluding hydrogens is 461 g/mol. The quantitative estimate of drug-likeness (QED) is 0.347. The first kappa shape index (κ1) is 23.4. The van der Waals surface area contributed by atoms with Crippen LogP contribution in [0, 0.1) is 5.82 Å². The number of aryl methyl sites for hydroxylation is 1. The van der Waals surface area contributed by atoms with Crippen molar-refractivity contribution in [3.8, 4) is 5.69 Å². The zero-order valence-corrected chi connectivity index (χ0v) is 19.4. The third kappa shape index (κ3) is 4.88. The van der Waals surface area contributed by atoms with Crippen molar-refractivity contribution >= 4 is 22.6 Å². The lowest BCUT2D eigenvalue weighted by Crippen LogP contribution is -2.24. The molecule has 5 rings (SSSR count). The molecule has 0 fully saturated rings. The Balaban J connectivity index is 1.49. The van der Waals surface area contributed by atoms with Gasteiger partial charge in [-0.25, -0.2) is 9.37 Å². The molecule has 0 saturated carbocycles. The van der Waals surface area contributed by atoms with Crippen molar-refractivity contribution in [2.45, 2.75) is 38.2 Å². The van der Waals surface area contributed by atoms with Crippen molar-refractivity contribution in [2.75, 3.05) is 0 Å². The molecule has 0 radical (unpaired) electrons. The summed E-state index contributed by atoms with van der Waals surface area (Å²) in [6.07, 6.45) is 1.77. The minimum Gasteiger partial charge on any atom is -0.481 e. The van der Waals surface area contributed by atoms with Gasteiger partial charge in [0.2, 0.25) is 0 Å². The van der Waals surface area contributed by atoms with Gasteiger partial charge in [0.1, 0.15) is 11.6 Å². The summed E-state index contributed by atoms with van der Waals surface area (Å²) < 4.78 is 15.0. The van der Waals surface area contributed by atoms with Crippen LogP contribution in [-0.2, 0) is 16.1 Å². The van der Waals surface area contributed by atoms with Crippen molar-refractivity contribution in [1.82, 2.24) is 9.55 Å². The van der Waals surface area contributed by atoms with Gasteiger partial charge in [0.25, 0.3) is 5.56 Å². The van der Waals surface area contributed by atoms with Gasteiger partial charge in [-0.15, -0.1) is 0 Å². The zero-order chi connectivity index (χ0) is 25.1. The van der Waals surface area contributed by atoms with Gasteiger partial charge in [-0.2, -0.15) is 0 Å². The average molecular weight is 486 g/mol. The van der Waals surface area contributed by atoms with Crippen molar-refractivity contribution in [3.63, 3.8) is 0 Å². The number of hydrogen-bond acceptors (Lipinski definition) is 5. The van der Waals surface area contributed by atoms with Gasteiger partial charge < -0.3 is 9.94 Å². The number of carbonyl (C=O) groups is 1. The normalized spacial score (nSPS) is 15.0. The number of nitrogens with zero attached hydrogens (tertiary/aromatic N) is 3. The van der Waals surface area contributed by atoms with Crippen LogP contribution < -0.4 is 5.56 Å². The number of aliphatic carboxylic acids is 1. The summed E-state index contributed by atoms with van der Waals surface area (Å²) in [6.45, 7) is 0. The molecule has 36 heavy (non-hydrogen) atoms. The molecule has 4 aromatic rings. The van der Waals surface area contributed by atoms with Crippen LogP contribution in [0.3, 0.4) is 0 Å². The highest BCUT2D eigenvalue weighted by atomic mass is 19.1. The number of oxime groups is 1. The van der Waals surface area contributed by atoms with E-state index < -0.39 is 11.8 Å². The van der Waals surface area contributed by atoms with Gasteiger partial charge >= 0.3 is 5.97 Å². The van der Waals surface area contributed by atoms with E-state index in [0.29, 0.717) is 48.1 Å². The summed E-state index contributed by atoms with van der Waals surface area (Å²) in [6, 6.07) is 20.9. The summed E-state index contributed by atoms with van der Waals surface area (Å²) in [5, 5.41) is 13.6. The van der Waals surface area contributed by atoms with Gasteiger partial charge in [0.05, 0.1) is 22.3 Å². The van der Waals surface area contributed by atoms with Crippen LogP contribution >= 0.6 is 0 Å². The van der Waals surface area contributed by atoms with Crippen LogP contribution in [0.1, 0.15) is 48.7 Å². The van der Waals surface area contributed by atoms with Crippen LogP contribution in [0.4, 0.5) is 4.39 Å². The summed E-state index contributed by atoms with van der Waals surface area (Å²) in [5.74, 6) is -0.771. The molecule has 2 heterocycles. The van der Waals surface area contributed by atoms with Crippen LogP contribution in [-0.4, -0.2) is 26.3 Å². The molecule has 1 unspecified atom stereocenters. The Bertz CT molecular complexity index is 1500. The van der Waals surface area contributed by atoms with Crippen molar-refractivity contribution in [1.29, 1.82) is 0 Å². The van der Waals surface area contributed by atoms with E-state index in [0.717, 1.165) is 16.8 Å². The Labute approximate surface area is 206 Å². The average Bonchev–Trinajstić information content (AvgIpc) is 3.38. The molecule has 1 aromatic heterocycles. The second-order valence-corrected chi connectivity index (χ2v) is 8.72. The van der Waals surface area contributed by atoms with Gasteiger partial charge in [0, 0.05) is 19.3 Å². The summed E-state index contributed by atoms with van der Waals surface area (Å²) in [7, 11) is 0. The third-order valence-corrected chi connectivity index (χ3v) is 6.24. The smallest absolute Gasteiger partial charge is 0.303 e. The van der Waals surface area contributed by atoms with Crippen LogP contribution in [0.25, 0.3) is 16.6 Å². The Morgan fingerprint density at radius 1 is 1.06 bits per heavy atom. The zero-order valence-electron chi connectivity index (χ0n) is 19.4. The number of benzene rings is 3. The molecule has 182 valence electrons. The summed E-state index contributed by atoms with van der Waals surface area (Å²) >= 11 is 0. The number of unbranched alkanes of at least 4 members (excludes halogenated alkanes) is 1. The number of carboxylic acids is 1. The molecular formula is C28H24FN3O4. The largest absolute Gasteiger partial charge is 0.481 e. The van der Waals surface area contributed by atoms with E-state index in [1.165, 1.54) is 28.8 Å². The maximum absolute atomic E-state index is 13.5. The molecule has 0 spiro atoms. The van der Waals surface area contributed by atoms with E-state index in [9.17, 15) is 14.0 Å². The van der Waals surface area contributed by atoms with Gasteiger partial charge in [-0.3, -0.25) is 14.2 Å². The highest BCUT2D eigenvalue weighted by molar-refractivity contribution is 6.01. The van der Waals surface area contributed by atoms with Gasteiger partial charge in [-0.1, -0.05) is 41.6 Å². The minimum absolute atomic E-state index is 0.0429. The number of carboxylic acid groups (broad SMARTS) is 1. The van der Waals surface area contributed by atoms with Gasteiger partial charge in [0.15, 0.2) is 6.10 Å². The molecule has 1 aliphatic rings. The predicted octanol–water partition coefficient (Wildman–Crippen LogP) is 5.19. The first-order valence-corrected chi connectivity index (χ1v) is 11.8. The first-order chi connectivity index (χ1) is 17.5. The maximum Gasteiger partial charge on any atom is 0.303 e. The van der Waals surface area contributed by atoms with Crippen LogP contribution in [0.2, 0.25) is 0 Å². The van der Waals surface area contributed by atoms with E-state index in [1.807, 2.05) is 42.5 Å². The molecule has 0 amide bonds. The number of halogens is 1. The minimum atomic E-state index is -0.865. The monoisotopic (exact) mass is 485 g/mol. The number of aromatic nitrogens is 2. The number of rotatable bonds is 8. The Morgan fingerprint density at radius 3 is 2.58 bits per heavy atom. The SMILES string of the molecule is O=C(O)CCCCc1nc2cc(C3CC(c4ccccc4)=NO3)ccc2c(=O)n1-c1ccc(F)cc1. The van der Waals surface area contributed by atoms with Crippen molar-refractivity contribution < 1.29 is 19.1 Å². The van der Waals surface area contributed by atoms with E-state index in [1.54, 1.807) is 6.07 Å². The molecule has 0 saturated heterocycles. The molecule has 3 aromatic carbocycles. The molecule has 1 aliphatic heterocycles. The highest BCUT2D eigenvalue weighted by Crippen LogP contribution is 2.31. The van der Waals surface area contributed by atoms with Crippen LogP contribution in [0.5, 0.6) is 0 Å². The second kappa shape index (κ2) is 10.1. The lowest BCUT2D eigenvalue weighted by Gasteiger charge is -2.15. The number of fused-ring (bicyclic) bond motifs is 1. The third-order valence-electron chi connectivity index (χ3n) is 6.24. The van der Waals surface area contributed by atoms with E-state index in [-0.39, 0.29) is 18.1 Å². The molecule has 7 nitrogen and oxygen atoms in total. The highest BCUT2D eigenvalue weighted by Gasteiger charge is 2.25. The summed E-state index contributed by atoms with van der Waals surface area (Å²) in [5.41, 5.74) is 3.50. The Morgan fingerprint density at radius 2 is 1.83 bits per heavy atom. The standard InChI is InChI=1S/C28H24FN3O4/c29-20-11-13-21(14-12-20)32-26(8-4-5-9-27(33)34)30-24-16-19(10-15-22(24)28(32)35)25-17-23(31-36-25)18-6-2-1-3-7-18/h1-3,6-7,10-16,25H,4-5,8-9,17H2,(H,33,34). The van der Waals surface area contributed by atoms with E-state index >= 15 is 0 Å².